The highest BCUT2D eigenvalue weighted by Gasteiger charge is 2.44. The summed E-state index contributed by atoms with van der Waals surface area (Å²) in [4.78, 5) is 34.1. The first-order valence-corrected chi connectivity index (χ1v) is 9.74. The largest absolute Gasteiger partial charge is 0.445 e. The second-order valence-corrected chi connectivity index (χ2v) is 7.80. The molecule has 0 radical (unpaired) electrons. The van der Waals surface area contributed by atoms with Gasteiger partial charge in [0.05, 0.1) is 11.1 Å². The number of primary amides is 1. The predicted octanol–water partition coefficient (Wildman–Crippen LogP) is 3.96. The summed E-state index contributed by atoms with van der Waals surface area (Å²) in [6.45, 7) is 2.70. The van der Waals surface area contributed by atoms with E-state index in [1.54, 1.807) is 11.0 Å². The lowest BCUT2D eigenvalue weighted by molar-refractivity contribution is 0.0669. The molecule has 7 nitrogen and oxygen atoms in total. The Kier molecular flexibility index (Phi) is 4.92. The number of aromatic amines is 1. The van der Waals surface area contributed by atoms with Gasteiger partial charge in [-0.15, -0.1) is 0 Å². The molecule has 8 heteroatoms. The van der Waals surface area contributed by atoms with E-state index in [2.05, 4.69) is 9.97 Å². The Labute approximate surface area is 172 Å². The van der Waals surface area contributed by atoms with E-state index >= 15 is 0 Å². The first kappa shape index (κ1) is 19.3. The summed E-state index contributed by atoms with van der Waals surface area (Å²) in [5.41, 5.74) is 7.01. The quantitative estimate of drug-likeness (QED) is 0.677. The van der Waals surface area contributed by atoms with Gasteiger partial charge in [-0.2, -0.15) is 0 Å². The monoisotopic (exact) mass is 412 g/mol. The Morgan fingerprint density at radius 2 is 2.07 bits per heavy atom. The minimum Gasteiger partial charge on any atom is -0.445 e. The molecule has 0 aliphatic carbocycles. The number of hydrogen-bond donors (Lipinski definition) is 2. The molecule has 29 heavy (non-hydrogen) atoms. The lowest BCUT2D eigenvalue weighted by atomic mass is 9.98. The molecule has 1 atom stereocenters. The molecule has 1 aliphatic rings. The zero-order chi connectivity index (χ0) is 20.6. The molecule has 3 N–H and O–H groups in total. The number of hydrogen-bond acceptors (Lipinski definition) is 4. The Hall–Kier alpha value is -3.06. The van der Waals surface area contributed by atoms with E-state index in [-0.39, 0.29) is 12.2 Å². The van der Waals surface area contributed by atoms with Crippen LogP contribution < -0.4 is 5.73 Å². The van der Waals surface area contributed by atoms with Crippen LogP contribution in [0.3, 0.4) is 0 Å². The summed E-state index contributed by atoms with van der Waals surface area (Å²) in [6, 6.07) is 12.7. The fourth-order valence-corrected chi connectivity index (χ4v) is 4.04. The Balaban J connectivity index is 1.63. The highest BCUT2D eigenvalue weighted by atomic mass is 35.5. The minimum absolute atomic E-state index is 0.202. The molecule has 2 heterocycles. The number of benzene rings is 2. The van der Waals surface area contributed by atoms with Crippen LogP contribution in [0.5, 0.6) is 0 Å². The topological polar surface area (TPSA) is 101 Å². The average molecular weight is 413 g/mol. The van der Waals surface area contributed by atoms with Crippen LogP contribution in [0.1, 0.15) is 41.5 Å². The summed E-state index contributed by atoms with van der Waals surface area (Å²) in [6.07, 6.45) is 1.13. The van der Waals surface area contributed by atoms with Crippen LogP contribution in [-0.2, 0) is 16.9 Å². The normalized spacial score (nSPS) is 18.9. The Morgan fingerprint density at radius 3 is 2.79 bits per heavy atom. The van der Waals surface area contributed by atoms with Crippen LogP contribution in [0.4, 0.5) is 4.79 Å². The van der Waals surface area contributed by atoms with Gasteiger partial charge < -0.3 is 15.5 Å². The molecule has 2 amide bonds. The van der Waals surface area contributed by atoms with Crippen molar-refractivity contribution in [3.05, 3.63) is 64.4 Å². The number of carbonyl (C=O) groups excluding carboxylic acids is 2. The highest BCUT2D eigenvalue weighted by Crippen LogP contribution is 2.39. The molecule has 0 bridgehead atoms. The van der Waals surface area contributed by atoms with Gasteiger partial charge in [-0.1, -0.05) is 41.9 Å². The van der Waals surface area contributed by atoms with Gasteiger partial charge in [0.25, 0.3) is 5.91 Å². The summed E-state index contributed by atoms with van der Waals surface area (Å²) in [5, 5.41) is 0.386. The van der Waals surface area contributed by atoms with Crippen LogP contribution in [-0.4, -0.2) is 33.4 Å². The van der Waals surface area contributed by atoms with Gasteiger partial charge in [-0.25, -0.2) is 9.78 Å². The maximum absolute atomic E-state index is 12.8. The van der Waals surface area contributed by atoms with Gasteiger partial charge in [-0.05, 0) is 37.5 Å². The molecular weight excluding hydrogens is 392 g/mol. The van der Waals surface area contributed by atoms with Crippen LogP contribution in [0.2, 0.25) is 5.02 Å². The zero-order valence-corrected chi connectivity index (χ0v) is 16.7. The molecule has 150 valence electrons. The molecular formula is C21H21ClN4O3. The van der Waals surface area contributed by atoms with Crippen molar-refractivity contribution < 1.29 is 14.3 Å². The van der Waals surface area contributed by atoms with Crippen molar-refractivity contribution in [2.45, 2.75) is 31.9 Å². The van der Waals surface area contributed by atoms with Crippen molar-refractivity contribution in [3.8, 4) is 0 Å². The molecule has 1 fully saturated rings. The van der Waals surface area contributed by atoms with Gasteiger partial charge in [0.1, 0.15) is 23.5 Å². The second-order valence-electron chi connectivity index (χ2n) is 7.37. The number of imidazole rings is 1. The van der Waals surface area contributed by atoms with Gasteiger partial charge >= 0.3 is 6.09 Å². The molecule has 1 saturated heterocycles. The second kappa shape index (κ2) is 7.40. The summed E-state index contributed by atoms with van der Waals surface area (Å²) >= 11 is 6.11. The minimum atomic E-state index is -0.686. The van der Waals surface area contributed by atoms with Crippen LogP contribution in [0, 0.1) is 0 Å². The van der Waals surface area contributed by atoms with E-state index < -0.39 is 17.5 Å². The van der Waals surface area contributed by atoms with Gasteiger partial charge in [0, 0.05) is 11.6 Å². The number of rotatable bonds is 4. The number of ether oxygens (including phenoxy) is 1. The molecule has 4 rings (SSSR count). The number of nitrogens with zero attached hydrogens (tertiary/aromatic N) is 2. The van der Waals surface area contributed by atoms with Crippen molar-refractivity contribution in [1.29, 1.82) is 0 Å². The van der Waals surface area contributed by atoms with Gasteiger partial charge in [0.2, 0.25) is 0 Å². The predicted molar refractivity (Wildman–Crippen MR) is 110 cm³/mol. The molecule has 2 aromatic carbocycles. The number of likely N-dealkylation sites (tertiary alicyclic amines) is 1. The molecule has 0 spiro atoms. The smallest absolute Gasteiger partial charge is 0.410 e. The average Bonchev–Trinajstić information content (AvgIpc) is 3.30. The lowest BCUT2D eigenvalue weighted by Gasteiger charge is -2.32. The van der Waals surface area contributed by atoms with Crippen molar-refractivity contribution in [2.75, 3.05) is 6.54 Å². The lowest BCUT2D eigenvalue weighted by Crippen LogP contribution is -2.43. The van der Waals surface area contributed by atoms with E-state index in [0.29, 0.717) is 34.8 Å². The molecule has 1 aliphatic heterocycles. The molecule has 3 aromatic rings. The maximum atomic E-state index is 12.8. The van der Waals surface area contributed by atoms with Crippen molar-refractivity contribution in [3.63, 3.8) is 0 Å². The molecule has 1 aromatic heterocycles. The van der Waals surface area contributed by atoms with E-state index in [9.17, 15) is 9.59 Å². The van der Waals surface area contributed by atoms with Crippen LogP contribution >= 0.6 is 11.6 Å². The first-order valence-electron chi connectivity index (χ1n) is 9.36. The highest BCUT2D eigenvalue weighted by molar-refractivity contribution is 6.32. The fourth-order valence-electron chi connectivity index (χ4n) is 3.82. The Morgan fingerprint density at radius 1 is 1.31 bits per heavy atom. The number of aromatic nitrogens is 2. The van der Waals surface area contributed by atoms with E-state index in [4.69, 9.17) is 22.1 Å². The Bertz CT molecular complexity index is 1080. The summed E-state index contributed by atoms with van der Waals surface area (Å²) in [5.74, 6) is -0.0299. The molecule has 0 saturated carbocycles. The third-order valence-corrected chi connectivity index (χ3v) is 5.61. The van der Waals surface area contributed by atoms with E-state index in [1.165, 1.54) is 6.07 Å². The maximum Gasteiger partial charge on any atom is 0.410 e. The number of nitrogens with one attached hydrogen (secondary N) is 1. The SMILES string of the molecule is C[C@]1(c2nc3c(C(N)=O)cc(Cl)cc3[nH]2)CCCN1C(=O)OCc1ccccc1. The van der Waals surface area contributed by atoms with E-state index in [1.807, 2.05) is 37.3 Å². The van der Waals surface area contributed by atoms with Gasteiger partial charge in [0.15, 0.2) is 0 Å². The third kappa shape index (κ3) is 3.53. The van der Waals surface area contributed by atoms with Crippen LogP contribution in [0.25, 0.3) is 11.0 Å². The summed E-state index contributed by atoms with van der Waals surface area (Å²) in [7, 11) is 0. The molecule has 0 unspecified atom stereocenters. The first-order chi connectivity index (χ1) is 13.9. The number of carbonyl (C=O) groups is 2. The zero-order valence-electron chi connectivity index (χ0n) is 15.9. The number of nitrogens with two attached hydrogens (primary N) is 1. The van der Waals surface area contributed by atoms with Crippen molar-refractivity contribution in [1.82, 2.24) is 14.9 Å². The van der Waals surface area contributed by atoms with Crippen LogP contribution in [0.15, 0.2) is 42.5 Å². The summed E-state index contributed by atoms with van der Waals surface area (Å²) < 4.78 is 5.53. The number of amides is 2. The fraction of sp³-hybridized carbons (Fsp3) is 0.286. The van der Waals surface area contributed by atoms with E-state index in [0.717, 1.165) is 12.0 Å². The third-order valence-electron chi connectivity index (χ3n) is 5.39. The van der Waals surface area contributed by atoms with Crippen molar-refractivity contribution >= 4 is 34.6 Å². The van der Waals surface area contributed by atoms with Crippen molar-refractivity contribution in [2.24, 2.45) is 5.73 Å². The van der Waals surface area contributed by atoms with Gasteiger partial charge in [-0.3, -0.25) is 9.69 Å². The number of fused-ring (bicyclic) bond motifs is 1. The number of H-pyrrole nitrogens is 1. The standard InChI is InChI=1S/C21H21ClN4O3/c1-21(19-24-16-11-14(22)10-15(18(23)27)17(16)25-19)8-5-9-26(21)20(28)29-12-13-6-3-2-4-7-13/h2-4,6-7,10-11H,5,8-9,12H2,1H3,(H2,23,27)(H,24,25)/t21-/m1/s1. The number of halogens is 1.